The van der Waals surface area contributed by atoms with Crippen molar-refractivity contribution in [2.75, 3.05) is 13.2 Å². The van der Waals surface area contributed by atoms with Crippen LogP contribution in [-0.4, -0.2) is 30.1 Å². The molecular weight excluding hydrogens is 341 g/mol. The van der Waals surface area contributed by atoms with E-state index in [-0.39, 0.29) is 12.0 Å². The third-order valence-electron chi connectivity index (χ3n) is 3.25. The predicted octanol–water partition coefficient (Wildman–Crippen LogP) is 2.82. The summed E-state index contributed by atoms with van der Waals surface area (Å²) in [4.78, 5) is 14.1. The van der Waals surface area contributed by atoms with Crippen LogP contribution in [0, 0.1) is 3.57 Å². The second kappa shape index (κ2) is 6.52. The number of hydrogen-bond donors (Lipinski definition) is 0. The number of carbonyl (C=O) groups is 1. The zero-order valence-electron chi connectivity index (χ0n) is 10.6. The average Bonchev–Trinajstić information content (AvgIpc) is 2.81. The molecule has 1 heterocycles. The Labute approximate surface area is 122 Å². The lowest BCUT2D eigenvalue weighted by molar-refractivity contribution is -0.148. The van der Waals surface area contributed by atoms with E-state index in [0.717, 1.165) is 25.9 Å². The van der Waals surface area contributed by atoms with E-state index in [0.29, 0.717) is 6.61 Å². The van der Waals surface area contributed by atoms with Crippen molar-refractivity contribution in [1.29, 1.82) is 0 Å². The molecule has 0 spiro atoms. The molecule has 2 rings (SSSR count). The van der Waals surface area contributed by atoms with Crippen molar-refractivity contribution in [3.63, 3.8) is 0 Å². The Bertz CT molecular complexity index is 422. The first kappa shape index (κ1) is 13.8. The van der Waals surface area contributed by atoms with Gasteiger partial charge in [-0.15, -0.1) is 0 Å². The largest absolute Gasteiger partial charge is 0.465 e. The Kier molecular flexibility index (Phi) is 5.00. The number of nitrogens with zero attached hydrogens (tertiary/aromatic N) is 1. The van der Waals surface area contributed by atoms with E-state index in [4.69, 9.17) is 4.74 Å². The van der Waals surface area contributed by atoms with E-state index < -0.39 is 0 Å². The second-order valence-electron chi connectivity index (χ2n) is 4.47. The van der Waals surface area contributed by atoms with Crippen molar-refractivity contribution >= 4 is 28.6 Å². The molecule has 0 aromatic heterocycles. The minimum Gasteiger partial charge on any atom is -0.465 e. The van der Waals surface area contributed by atoms with E-state index in [1.54, 1.807) is 0 Å². The minimum atomic E-state index is -0.0686. The van der Waals surface area contributed by atoms with Crippen molar-refractivity contribution < 1.29 is 9.53 Å². The molecule has 1 aliphatic heterocycles. The lowest BCUT2D eigenvalue weighted by atomic mass is 10.2. The predicted molar refractivity (Wildman–Crippen MR) is 79.2 cm³/mol. The molecule has 0 saturated carbocycles. The third-order valence-corrected chi connectivity index (χ3v) is 4.31. The topological polar surface area (TPSA) is 29.5 Å². The summed E-state index contributed by atoms with van der Waals surface area (Å²) in [5, 5.41) is 0. The van der Waals surface area contributed by atoms with Crippen LogP contribution < -0.4 is 0 Å². The quantitative estimate of drug-likeness (QED) is 0.612. The first-order chi connectivity index (χ1) is 8.72. The lowest BCUT2D eigenvalue weighted by Gasteiger charge is -2.23. The highest BCUT2D eigenvalue weighted by atomic mass is 127. The van der Waals surface area contributed by atoms with Gasteiger partial charge in [0, 0.05) is 10.1 Å². The van der Waals surface area contributed by atoms with Gasteiger partial charge < -0.3 is 4.74 Å². The highest BCUT2D eigenvalue weighted by Crippen LogP contribution is 2.23. The summed E-state index contributed by atoms with van der Waals surface area (Å²) in [6, 6.07) is 8.26. The van der Waals surface area contributed by atoms with Crippen LogP contribution in [0.2, 0.25) is 0 Å². The molecule has 0 bridgehead atoms. The molecule has 18 heavy (non-hydrogen) atoms. The van der Waals surface area contributed by atoms with Gasteiger partial charge in [-0.05, 0) is 60.5 Å². The molecule has 3 nitrogen and oxygen atoms in total. The number of hydrogen-bond acceptors (Lipinski definition) is 3. The standard InChI is InChI=1S/C14H18INO2/c1-2-18-14(17)13-8-5-9-16(13)10-11-6-3-4-7-12(11)15/h3-4,6-7,13H,2,5,8-10H2,1H3/t13-/m0/s1. The van der Waals surface area contributed by atoms with E-state index in [1.807, 2.05) is 19.1 Å². The highest BCUT2D eigenvalue weighted by molar-refractivity contribution is 14.1. The summed E-state index contributed by atoms with van der Waals surface area (Å²) in [5.41, 5.74) is 1.29. The summed E-state index contributed by atoms with van der Waals surface area (Å²) in [6.07, 6.45) is 2.00. The molecule has 0 amide bonds. The van der Waals surface area contributed by atoms with E-state index in [9.17, 15) is 4.79 Å². The summed E-state index contributed by atoms with van der Waals surface area (Å²) in [5.74, 6) is -0.0686. The number of esters is 1. The Morgan fingerprint density at radius 1 is 1.50 bits per heavy atom. The van der Waals surface area contributed by atoms with Crippen LogP contribution in [0.3, 0.4) is 0 Å². The van der Waals surface area contributed by atoms with Gasteiger partial charge in [0.25, 0.3) is 0 Å². The van der Waals surface area contributed by atoms with Gasteiger partial charge in [0.15, 0.2) is 0 Å². The monoisotopic (exact) mass is 359 g/mol. The zero-order valence-corrected chi connectivity index (χ0v) is 12.7. The Balaban J connectivity index is 2.04. The van der Waals surface area contributed by atoms with Crippen LogP contribution in [0.1, 0.15) is 25.3 Å². The Hall–Kier alpha value is -0.620. The molecule has 1 fully saturated rings. The van der Waals surface area contributed by atoms with Crippen molar-refractivity contribution in [3.8, 4) is 0 Å². The maximum absolute atomic E-state index is 11.9. The van der Waals surface area contributed by atoms with Crippen molar-refractivity contribution in [2.45, 2.75) is 32.4 Å². The first-order valence-corrected chi connectivity index (χ1v) is 7.44. The molecule has 98 valence electrons. The number of ether oxygens (including phenoxy) is 1. The molecule has 1 saturated heterocycles. The van der Waals surface area contributed by atoms with Gasteiger partial charge in [-0.3, -0.25) is 9.69 Å². The van der Waals surface area contributed by atoms with Crippen LogP contribution in [0.15, 0.2) is 24.3 Å². The van der Waals surface area contributed by atoms with E-state index >= 15 is 0 Å². The molecule has 1 aromatic rings. The highest BCUT2D eigenvalue weighted by Gasteiger charge is 2.31. The molecule has 1 atom stereocenters. The van der Waals surface area contributed by atoms with Gasteiger partial charge in [0.1, 0.15) is 6.04 Å². The number of rotatable bonds is 4. The lowest BCUT2D eigenvalue weighted by Crippen LogP contribution is -2.37. The Morgan fingerprint density at radius 3 is 3.00 bits per heavy atom. The molecule has 4 heteroatoms. The molecule has 0 radical (unpaired) electrons. The number of halogens is 1. The average molecular weight is 359 g/mol. The van der Waals surface area contributed by atoms with Crippen molar-refractivity contribution in [2.24, 2.45) is 0 Å². The fraction of sp³-hybridized carbons (Fsp3) is 0.500. The fourth-order valence-corrected chi connectivity index (χ4v) is 2.92. The van der Waals surface area contributed by atoms with Crippen LogP contribution >= 0.6 is 22.6 Å². The van der Waals surface area contributed by atoms with Gasteiger partial charge in [-0.2, -0.15) is 0 Å². The summed E-state index contributed by atoms with van der Waals surface area (Å²) < 4.78 is 6.40. The smallest absolute Gasteiger partial charge is 0.323 e. The third kappa shape index (κ3) is 3.23. The van der Waals surface area contributed by atoms with Gasteiger partial charge in [0.2, 0.25) is 0 Å². The first-order valence-electron chi connectivity index (χ1n) is 6.36. The number of benzene rings is 1. The summed E-state index contributed by atoms with van der Waals surface area (Å²) in [7, 11) is 0. The molecule has 0 N–H and O–H groups in total. The molecule has 1 aliphatic rings. The zero-order chi connectivity index (χ0) is 13.0. The van der Waals surface area contributed by atoms with Gasteiger partial charge in [0.05, 0.1) is 6.61 Å². The number of carbonyl (C=O) groups excluding carboxylic acids is 1. The second-order valence-corrected chi connectivity index (χ2v) is 5.63. The maximum Gasteiger partial charge on any atom is 0.323 e. The SMILES string of the molecule is CCOC(=O)[C@@H]1CCCN1Cc1ccccc1I. The molecule has 0 aliphatic carbocycles. The van der Waals surface area contributed by atoms with Crippen molar-refractivity contribution in [3.05, 3.63) is 33.4 Å². The van der Waals surface area contributed by atoms with Gasteiger partial charge >= 0.3 is 5.97 Å². The summed E-state index contributed by atoms with van der Waals surface area (Å²) >= 11 is 2.35. The van der Waals surface area contributed by atoms with Crippen LogP contribution in [-0.2, 0) is 16.1 Å². The van der Waals surface area contributed by atoms with Crippen LogP contribution in [0.25, 0.3) is 0 Å². The van der Waals surface area contributed by atoms with Crippen molar-refractivity contribution in [1.82, 2.24) is 4.90 Å². The van der Waals surface area contributed by atoms with E-state index in [1.165, 1.54) is 9.13 Å². The van der Waals surface area contributed by atoms with Crippen LogP contribution in [0.4, 0.5) is 0 Å². The maximum atomic E-state index is 11.9. The Morgan fingerprint density at radius 2 is 2.28 bits per heavy atom. The normalized spacial score (nSPS) is 20.0. The molecule has 1 aromatic carbocycles. The van der Waals surface area contributed by atoms with E-state index in [2.05, 4.69) is 39.6 Å². The molecule has 0 unspecified atom stereocenters. The van der Waals surface area contributed by atoms with Gasteiger partial charge in [-0.25, -0.2) is 0 Å². The number of likely N-dealkylation sites (tertiary alicyclic amines) is 1. The van der Waals surface area contributed by atoms with Crippen LogP contribution in [0.5, 0.6) is 0 Å². The summed E-state index contributed by atoms with van der Waals surface area (Å²) in [6.45, 7) is 4.14. The fourth-order valence-electron chi connectivity index (χ4n) is 2.37. The van der Waals surface area contributed by atoms with Gasteiger partial charge in [-0.1, -0.05) is 18.2 Å². The minimum absolute atomic E-state index is 0.0547. The molecular formula is C14H18INO2.